The molecule has 3 aromatic rings. The summed E-state index contributed by atoms with van der Waals surface area (Å²) in [6, 6.07) is 22.4. The van der Waals surface area contributed by atoms with Crippen molar-refractivity contribution in [1.82, 2.24) is 0 Å². The second kappa shape index (κ2) is 7.27. The van der Waals surface area contributed by atoms with Gasteiger partial charge in [0, 0.05) is 23.4 Å². The van der Waals surface area contributed by atoms with Gasteiger partial charge in [0.05, 0.1) is 16.3 Å². The molecule has 0 bridgehead atoms. The predicted octanol–water partition coefficient (Wildman–Crippen LogP) is 4.59. The largest absolute Gasteiger partial charge is 0.354 e. The highest BCUT2D eigenvalue weighted by molar-refractivity contribution is 6.06. The highest BCUT2D eigenvalue weighted by Crippen LogP contribution is 2.25. The van der Waals surface area contributed by atoms with Crippen molar-refractivity contribution in [3.8, 4) is 0 Å². The number of hydrogen-bond acceptors (Lipinski definition) is 4. The van der Waals surface area contributed by atoms with Crippen molar-refractivity contribution in [2.45, 2.75) is 0 Å². The van der Waals surface area contributed by atoms with Crippen molar-refractivity contribution in [1.29, 1.82) is 0 Å². The molecule has 0 aliphatic heterocycles. The van der Waals surface area contributed by atoms with E-state index in [0.29, 0.717) is 11.3 Å². The van der Waals surface area contributed by atoms with Crippen LogP contribution >= 0.6 is 0 Å². The summed E-state index contributed by atoms with van der Waals surface area (Å²) in [7, 11) is 0. The molecule has 0 unspecified atom stereocenters. The van der Waals surface area contributed by atoms with Crippen LogP contribution in [0.15, 0.2) is 78.9 Å². The number of nitrogens with one attached hydrogen (secondary N) is 2. The summed E-state index contributed by atoms with van der Waals surface area (Å²) < 4.78 is 0. The Labute approximate surface area is 144 Å². The summed E-state index contributed by atoms with van der Waals surface area (Å²) in [4.78, 5) is 22.6. The predicted molar refractivity (Wildman–Crippen MR) is 97.2 cm³/mol. The van der Waals surface area contributed by atoms with Crippen LogP contribution in [0.4, 0.5) is 22.7 Å². The number of anilines is 3. The van der Waals surface area contributed by atoms with Crippen LogP contribution in [0, 0.1) is 10.1 Å². The molecule has 6 nitrogen and oxygen atoms in total. The Morgan fingerprint density at radius 2 is 1.40 bits per heavy atom. The highest BCUT2D eigenvalue weighted by atomic mass is 16.6. The van der Waals surface area contributed by atoms with Gasteiger partial charge in [-0.3, -0.25) is 14.9 Å². The van der Waals surface area contributed by atoms with Gasteiger partial charge < -0.3 is 10.6 Å². The van der Waals surface area contributed by atoms with Crippen molar-refractivity contribution < 1.29 is 9.72 Å². The summed E-state index contributed by atoms with van der Waals surface area (Å²) in [5.74, 6) is -0.336. The van der Waals surface area contributed by atoms with Crippen LogP contribution in [-0.2, 0) is 0 Å². The van der Waals surface area contributed by atoms with Gasteiger partial charge in [-0.1, -0.05) is 30.3 Å². The van der Waals surface area contributed by atoms with Gasteiger partial charge >= 0.3 is 0 Å². The summed E-state index contributed by atoms with van der Waals surface area (Å²) >= 11 is 0. The third-order valence-electron chi connectivity index (χ3n) is 3.57. The Morgan fingerprint density at radius 1 is 0.800 bits per heavy atom. The Bertz CT molecular complexity index is 893. The van der Waals surface area contributed by atoms with Crippen LogP contribution in [-0.4, -0.2) is 10.8 Å². The number of nitro benzene ring substituents is 1. The van der Waals surface area contributed by atoms with Crippen LogP contribution in [0.1, 0.15) is 10.4 Å². The monoisotopic (exact) mass is 333 g/mol. The molecule has 0 aliphatic carbocycles. The number of para-hydroxylation sites is 3. The first-order chi connectivity index (χ1) is 12.1. The quantitative estimate of drug-likeness (QED) is 0.528. The van der Waals surface area contributed by atoms with E-state index in [1.807, 2.05) is 48.5 Å². The number of amides is 1. The minimum atomic E-state index is -0.499. The van der Waals surface area contributed by atoms with E-state index in [-0.39, 0.29) is 11.6 Å². The van der Waals surface area contributed by atoms with Crippen molar-refractivity contribution in [2.75, 3.05) is 10.6 Å². The molecule has 1 amide bonds. The molecule has 2 N–H and O–H groups in total. The molecular formula is C19H15N3O3. The molecule has 25 heavy (non-hydrogen) atoms. The summed E-state index contributed by atoms with van der Waals surface area (Å²) in [5.41, 5.74) is 2.57. The van der Waals surface area contributed by atoms with Gasteiger partial charge in [-0.05, 0) is 36.4 Å². The average Bonchev–Trinajstić information content (AvgIpc) is 2.64. The SMILES string of the molecule is O=C(Nc1ccccc1Nc1ccccc1)c1ccc([N+](=O)[O-])cc1. The Morgan fingerprint density at radius 3 is 2.04 bits per heavy atom. The Balaban J connectivity index is 1.78. The van der Waals surface area contributed by atoms with E-state index in [2.05, 4.69) is 10.6 Å². The number of carbonyl (C=O) groups excluding carboxylic acids is 1. The normalized spacial score (nSPS) is 10.1. The van der Waals surface area contributed by atoms with Gasteiger partial charge in [0.1, 0.15) is 0 Å². The summed E-state index contributed by atoms with van der Waals surface area (Å²) in [6.07, 6.45) is 0. The van der Waals surface area contributed by atoms with E-state index in [9.17, 15) is 14.9 Å². The molecule has 0 atom stereocenters. The fraction of sp³-hybridized carbons (Fsp3) is 0. The Hall–Kier alpha value is -3.67. The lowest BCUT2D eigenvalue weighted by Gasteiger charge is -2.13. The molecule has 3 rings (SSSR count). The van der Waals surface area contributed by atoms with E-state index in [4.69, 9.17) is 0 Å². The van der Waals surface area contributed by atoms with Crippen LogP contribution in [0.3, 0.4) is 0 Å². The lowest BCUT2D eigenvalue weighted by atomic mass is 10.2. The molecule has 0 radical (unpaired) electrons. The average molecular weight is 333 g/mol. The van der Waals surface area contributed by atoms with Crippen LogP contribution < -0.4 is 10.6 Å². The molecule has 0 saturated carbocycles. The number of carbonyl (C=O) groups is 1. The molecule has 0 spiro atoms. The first kappa shape index (κ1) is 16.2. The molecule has 0 fully saturated rings. The van der Waals surface area contributed by atoms with Crippen molar-refractivity contribution >= 4 is 28.7 Å². The van der Waals surface area contributed by atoms with Crippen LogP contribution in [0.25, 0.3) is 0 Å². The maximum atomic E-state index is 12.4. The molecule has 3 aromatic carbocycles. The third kappa shape index (κ3) is 4.00. The van der Waals surface area contributed by atoms with Crippen molar-refractivity contribution in [3.63, 3.8) is 0 Å². The zero-order chi connectivity index (χ0) is 17.6. The standard InChI is InChI=1S/C19H15N3O3/c23-19(14-10-12-16(13-11-14)22(24)25)21-18-9-5-4-8-17(18)20-15-6-2-1-3-7-15/h1-13,20H,(H,21,23). The number of nitrogens with zero attached hydrogens (tertiary/aromatic N) is 1. The van der Waals surface area contributed by atoms with Crippen LogP contribution in [0.2, 0.25) is 0 Å². The van der Waals surface area contributed by atoms with Gasteiger partial charge in [0.2, 0.25) is 0 Å². The number of non-ortho nitro benzene ring substituents is 1. The second-order valence-corrected chi connectivity index (χ2v) is 5.29. The van der Waals surface area contributed by atoms with Gasteiger partial charge in [-0.15, -0.1) is 0 Å². The fourth-order valence-electron chi connectivity index (χ4n) is 2.31. The van der Waals surface area contributed by atoms with E-state index >= 15 is 0 Å². The minimum Gasteiger partial charge on any atom is -0.354 e. The highest BCUT2D eigenvalue weighted by Gasteiger charge is 2.11. The second-order valence-electron chi connectivity index (χ2n) is 5.29. The van der Waals surface area contributed by atoms with Crippen LogP contribution in [0.5, 0.6) is 0 Å². The van der Waals surface area contributed by atoms with Crippen molar-refractivity contribution in [3.05, 3.63) is 94.5 Å². The zero-order valence-electron chi connectivity index (χ0n) is 13.2. The van der Waals surface area contributed by atoms with E-state index in [1.165, 1.54) is 24.3 Å². The van der Waals surface area contributed by atoms with Gasteiger partial charge in [0.15, 0.2) is 0 Å². The molecule has 0 aliphatic rings. The maximum Gasteiger partial charge on any atom is 0.269 e. The maximum absolute atomic E-state index is 12.4. The first-order valence-electron chi connectivity index (χ1n) is 7.60. The number of nitro groups is 1. The fourth-order valence-corrected chi connectivity index (χ4v) is 2.31. The molecule has 124 valence electrons. The Kier molecular flexibility index (Phi) is 4.71. The van der Waals surface area contributed by atoms with Gasteiger partial charge in [-0.25, -0.2) is 0 Å². The van der Waals surface area contributed by atoms with E-state index in [0.717, 1.165) is 11.4 Å². The smallest absolute Gasteiger partial charge is 0.269 e. The topological polar surface area (TPSA) is 84.3 Å². The number of rotatable bonds is 5. The first-order valence-corrected chi connectivity index (χ1v) is 7.60. The molecular weight excluding hydrogens is 318 g/mol. The van der Waals surface area contributed by atoms with Crippen molar-refractivity contribution in [2.24, 2.45) is 0 Å². The molecule has 0 saturated heterocycles. The lowest BCUT2D eigenvalue weighted by molar-refractivity contribution is -0.384. The molecule has 6 heteroatoms. The number of benzene rings is 3. The lowest BCUT2D eigenvalue weighted by Crippen LogP contribution is -2.13. The minimum absolute atomic E-state index is 0.0531. The molecule has 0 aromatic heterocycles. The van der Waals surface area contributed by atoms with Gasteiger partial charge in [-0.2, -0.15) is 0 Å². The van der Waals surface area contributed by atoms with E-state index < -0.39 is 4.92 Å². The summed E-state index contributed by atoms with van der Waals surface area (Å²) in [5, 5.41) is 16.8. The zero-order valence-corrected chi connectivity index (χ0v) is 13.2. The van der Waals surface area contributed by atoms with Gasteiger partial charge in [0.25, 0.3) is 11.6 Å². The summed E-state index contributed by atoms with van der Waals surface area (Å²) in [6.45, 7) is 0. The third-order valence-corrected chi connectivity index (χ3v) is 3.57. The molecule has 0 heterocycles. The number of hydrogen-bond donors (Lipinski definition) is 2. The van der Waals surface area contributed by atoms with E-state index in [1.54, 1.807) is 6.07 Å².